The van der Waals surface area contributed by atoms with Crippen LogP contribution in [0.25, 0.3) is 0 Å². The Morgan fingerprint density at radius 2 is 2.07 bits per heavy atom. The molecule has 0 aliphatic carbocycles. The van der Waals surface area contributed by atoms with Gasteiger partial charge in [0.1, 0.15) is 0 Å². The van der Waals surface area contributed by atoms with Crippen LogP contribution in [0.5, 0.6) is 0 Å². The molecule has 0 aromatic rings. The summed E-state index contributed by atoms with van der Waals surface area (Å²) in [7, 11) is 1.48. The monoisotopic (exact) mass is 229 g/mol. The predicted molar refractivity (Wildman–Crippen MR) is 45.8 cm³/mol. The minimum Gasteiger partial charge on any atom is -0.384 e. The third-order valence-electron chi connectivity index (χ3n) is 1.41. The Kier molecular flexibility index (Phi) is 6.26. The largest absolute Gasteiger partial charge is 0.414 e. The lowest BCUT2D eigenvalue weighted by atomic mass is 10.1. The van der Waals surface area contributed by atoms with Crippen molar-refractivity contribution in [3.05, 3.63) is 0 Å². The van der Waals surface area contributed by atoms with Crippen LogP contribution in [0.4, 0.5) is 13.2 Å². The van der Waals surface area contributed by atoms with Crippen molar-refractivity contribution in [2.24, 2.45) is 5.92 Å². The molecule has 0 heterocycles. The molecule has 0 rings (SSSR count). The molecule has 0 radical (unpaired) electrons. The summed E-state index contributed by atoms with van der Waals surface area (Å²) >= 11 is 0. The van der Waals surface area contributed by atoms with E-state index in [0.29, 0.717) is 6.61 Å². The van der Waals surface area contributed by atoms with E-state index in [2.05, 4.69) is 4.84 Å². The Labute approximate surface area is 85.7 Å². The first kappa shape index (κ1) is 14.2. The fraction of sp³-hybridized carbons (Fsp3) is 0.875. The van der Waals surface area contributed by atoms with Crippen molar-refractivity contribution in [1.82, 2.24) is 5.48 Å². The molecule has 1 amide bonds. The van der Waals surface area contributed by atoms with Crippen molar-refractivity contribution in [3.63, 3.8) is 0 Å². The van der Waals surface area contributed by atoms with Gasteiger partial charge in [-0.3, -0.25) is 9.63 Å². The van der Waals surface area contributed by atoms with E-state index in [1.165, 1.54) is 7.11 Å². The molecule has 0 fully saturated rings. The average molecular weight is 229 g/mol. The van der Waals surface area contributed by atoms with Crippen LogP contribution in [0.1, 0.15) is 13.3 Å². The van der Waals surface area contributed by atoms with Crippen LogP contribution in [-0.4, -0.2) is 32.4 Å². The van der Waals surface area contributed by atoms with E-state index in [1.807, 2.05) is 0 Å². The first-order valence-corrected chi connectivity index (χ1v) is 4.31. The van der Waals surface area contributed by atoms with E-state index in [1.54, 1.807) is 12.4 Å². The molecule has 0 aliphatic rings. The van der Waals surface area contributed by atoms with Gasteiger partial charge in [-0.1, -0.05) is 6.92 Å². The fourth-order valence-corrected chi connectivity index (χ4v) is 0.900. The quantitative estimate of drug-likeness (QED) is 0.698. The van der Waals surface area contributed by atoms with Crippen LogP contribution >= 0.6 is 0 Å². The molecule has 7 heteroatoms. The molecule has 1 unspecified atom stereocenters. The summed E-state index contributed by atoms with van der Waals surface area (Å²) in [5.74, 6) is -0.659. The Balaban J connectivity index is 3.58. The van der Waals surface area contributed by atoms with Gasteiger partial charge in [-0.05, 0) is 5.92 Å². The summed E-state index contributed by atoms with van der Waals surface area (Å²) in [6, 6.07) is 0. The first-order chi connectivity index (χ1) is 6.85. The average Bonchev–Trinajstić information content (AvgIpc) is 2.01. The molecule has 0 saturated heterocycles. The first-order valence-electron chi connectivity index (χ1n) is 4.31. The number of carbonyl (C=O) groups excluding carboxylic acids is 1. The Morgan fingerprint density at radius 3 is 2.53 bits per heavy atom. The lowest BCUT2D eigenvalue weighted by Gasteiger charge is -2.11. The van der Waals surface area contributed by atoms with Gasteiger partial charge in [-0.25, -0.2) is 5.48 Å². The van der Waals surface area contributed by atoms with Crippen molar-refractivity contribution >= 4 is 5.91 Å². The molecule has 1 N–H and O–H groups in total. The van der Waals surface area contributed by atoms with E-state index >= 15 is 0 Å². The fourth-order valence-electron chi connectivity index (χ4n) is 0.900. The summed E-state index contributed by atoms with van der Waals surface area (Å²) in [6.07, 6.45) is -4.38. The number of rotatable bonds is 6. The van der Waals surface area contributed by atoms with E-state index < -0.39 is 18.7 Å². The maximum atomic E-state index is 11.6. The van der Waals surface area contributed by atoms with E-state index in [0.717, 1.165) is 0 Å². The van der Waals surface area contributed by atoms with Crippen LogP contribution in [-0.2, 0) is 14.4 Å². The van der Waals surface area contributed by atoms with Crippen molar-refractivity contribution in [2.45, 2.75) is 19.5 Å². The predicted octanol–water partition coefficient (Wildman–Crippen LogP) is 1.27. The van der Waals surface area contributed by atoms with Crippen LogP contribution in [0.2, 0.25) is 0 Å². The SMILES string of the molecule is COCC(C)CC(=O)NOCC(F)(F)F. The highest BCUT2D eigenvalue weighted by Crippen LogP contribution is 2.13. The molecule has 0 bridgehead atoms. The maximum absolute atomic E-state index is 11.6. The summed E-state index contributed by atoms with van der Waals surface area (Å²) in [5.41, 5.74) is 1.71. The summed E-state index contributed by atoms with van der Waals surface area (Å²) in [5, 5.41) is 0. The van der Waals surface area contributed by atoms with Crippen LogP contribution in [0, 0.1) is 5.92 Å². The minimum atomic E-state index is -4.44. The van der Waals surface area contributed by atoms with Gasteiger partial charge in [0, 0.05) is 20.1 Å². The van der Waals surface area contributed by atoms with Gasteiger partial charge in [0.2, 0.25) is 5.91 Å². The Bertz CT molecular complexity index is 196. The van der Waals surface area contributed by atoms with E-state index in [-0.39, 0.29) is 12.3 Å². The highest BCUT2D eigenvalue weighted by atomic mass is 19.4. The number of ether oxygens (including phenoxy) is 1. The molecule has 0 saturated carbocycles. The van der Waals surface area contributed by atoms with Gasteiger partial charge in [-0.2, -0.15) is 13.2 Å². The van der Waals surface area contributed by atoms with Gasteiger partial charge in [0.15, 0.2) is 6.61 Å². The number of nitrogens with one attached hydrogen (secondary N) is 1. The number of hydrogen-bond donors (Lipinski definition) is 1. The van der Waals surface area contributed by atoms with Gasteiger partial charge in [-0.15, -0.1) is 0 Å². The highest BCUT2D eigenvalue weighted by Gasteiger charge is 2.28. The summed E-state index contributed by atoms with van der Waals surface area (Å²) < 4.78 is 39.5. The lowest BCUT2D eigenvalue weighted by Crippen LogP contribution is -2.30. The molecule has 0 aliphatic heterocycles. The number of halogens is 3. The normalized spacial score (nSPS) is 13.7. The van der Waals surface area contributed by atoms with Crippen molar-refractivity contribution < 1.29 is 27.5 Å². The molecule has 0 spiro atoms. The van der Waals surface area contributed by atoms with Gasteiger partial charge < -0.3 is 4.74 Å². The van der Waals surface area contributed by atoms with Crippen LogP contribution < -0.4 is 5.48 Å². The minimum absolute atomic E-state index is 0.0612. The summed E-state index contributed by atoms with van der Waals surface area (Å²) in [6.45, 7) is 0.622. The summed E-state index contributed by atoms with van der Waals surface area (Å²) in [4.78, 5) is 14.9. The molecule has 0 aromatic heterocycles. The Hall–Kier alpha value is -0.820. The third kappa shape index (κ3) is 9.48. The second-order valence-electron chi connectivity index (χ2n) is 3.19. The van der Waals surface area contributed by atoms with Gasteiger partial charge >= 0.3 is 6.18 Å². The third-order valence-corrected chi connectivity index (χ3v) is 1.41. The Morgan fingerprint density at radius 1 is 1.47 bits per heavy atom. The number of hydroxylamine groups is 1. The number of methoxy groups -OCH3 is 1. The smallest absolute Gasteiger partial charge is 0.384 e. The van der Waals surface area contributed by atoms with Crippen molar-refractivity contribution in [3.8, 4) is 0 Å². The number of hydrogen-bond acceptors (Lipinski definition) is 3. The maximum Gasteiger partial charge on any atom is 0.414 e. The molecular formula is C8H14F3NO3. The number of amides is 1. The van der Waals surface area contributed by atoms with Crippen molar-refractivity contribution in [1.29, 1.82) is 0 Å². The molecule has 0 aromatic carbocycles. The second-order valence-corrected chi connectivity index (χ2v) is 3.19. The van der Waals surface area contributed by atoms with E-state index in [4.69, 9.17) is 4.74 Å². The zero-order valence-corrected chi connectivity index (χ0v) is 8.56. The second kappa shape index (κ2) is 6.62. The van der Waals surface area contributed by atoms with E-state index in [9.17, 15) is 18.0 Å². The molecule has 15 heavy (non-hydrogen) atoms. The van der Waals surface area contributed by atoms with Gasteiger partial charge in [0.25, 0.3) is 0 Å². The van der Waals surface area contributed by atoms with Crippen molar-refractivity contribution in [2.75, 3.05) is 20.3 Å². The standard InChI is InChI=1S/C8H14F3NO3/c1-6(4-14-2)3-7(13)12-15-5-8(9,10)11/h6H,3-5H2,1-2H3,(H,12,13). The molecular weight excluding hydrogens is 215 g/mol. The molecule has 1 atom stereocenters. The zero-order chi connectivity index (χ0) is 11.9. The number of carbonyl (C=O) groups is 1. The van der Waals surface area contributed by atoms with Crippen LogP contribution in [0.15, 0.2) is 0 Å². The topological polar surface area (TPSA) is 47.6 Å². The zero-order valence-electron chi connectivity index (χ0n) is 8.56. The highest BCUT2D eigenvalue weighted by molar-refractivity contribution is 5.74. The lowest BCUT2D eigenvalue weighted by molar-refractivity contribution is -0.192. The molecule has 4 nitrogen and oxygen atoms in total. The van der Waals surface area contributed by atoms with Crippen LogP contribution in [0.3, 0.4) is 0 Å². The number of alkyl halides is 3. The molecule has 90 valence electrons. The van der Waals surface area contributed by atoms with Gasteiger partial charge in [0.05, 0.1) is 0 Å².